The van der Waals surface area contributed by atoms with Gasteiger partial charge in [-0.3, -0.25) is 0 Å². The Bertz CT molecular complexity index is 410. The lowest BCUT2D eigenvalue weighted by atomic mass is 10.1. The van der Waals surface area contributed by atoms with E-state index in [4.69, 9.17) is 9.47 Å². The first-order chi connectivity index (χ1) is 11.5. The smallest absolute Gasteiger partial charge is 0.337 e. The van der Waals surface area contributed by atoms with E-state index < -0.39 is 11.9 Å². The highest BCUT2D eigenvalue weighted by molar-refractivity contribution is 5.90. The number of carbonyl (C=O) groups excluding carboxylic acids is 2. The van der Waals surface area contributed by atoms with E-state index in [0.717, 1.165) is 19.1 Å². The average Bonchev–Trinajstić information content (AvgIpc) is 2.56. The standard InChI is InChI=1S/C20H34O4/c1-5-6-7-8-9-10-11-12-13-14-15-23-20(22)18(4)16-24-19(21)17(2)3/h16H,2,5-15H2,1,3-4H3. The first-order valence-corrected chi connectivity index (χ1v) is 9.19. The minimum absolute atomic E-state index is 0.275. The van der Waals surface area contributed by atoms with Crippen LogP contribution in [-0.4, -0.2) is 18.5 Å². The van der Waals surface area contributed by atoms with Crippen LogP contribution in [0.5, 0.6) is 0 Å². The van der Waals surface area contributed by atoms with Crippen LogP contribution in [0.25, 0.3) is 0 Å². The molecule has 0 N–H and O–H groups in total. The van der Waals surface area contributed by atoms with Crippen molar-refractivity contribution in [2.45, 2.75) is 85.0 Å². The highest BCUT2D eigenvalue weighted by Crippen LogP contribution is 2.10. The molecule has 0 heterocycles. The van der Waals surface area contributed by atoms with Gasteiger partial charge in [0.2, 0.25) is 0 Å². The van der Waals surface area contributed by atoms with Gasteiger partial charge in [0.15, 0.2) is 0 Å². The zero-order valence-corrected chi connectivity index (χ0v) is 15.7. The SMILES string of the molecule is C=C(C)C(=O)OC=C(C)C(=O)OCCCCCCCCCCCC. The molecule has 0 aliphatic carbocycles. The predicted octanol–water partition coefficient (Wildman–Crippen LogP) is 5.47. The number of hydrogen-bond donors (Lipinski definition) is 0. The molecule has 0 aromatic rings. The quantitative estimate of drug-likeness (QED) is 0.182. The number of rotatable bonds is 14. The number of ether oxygens (including phenoxy) is 2. The van der Waals surface area contributed by atoms with Crippen molar-refractivity contribution < 1.29 is 19.1 Å². The van der Waals surface area contributed by atoms with E-state index in [1.54, 1.807) is 13.8 Å². The summed E-state index contributed by atoms with van der Waals surface area (Å²) in [5.74, 6) is -0.989. The Hall–Kier alpha value is -1.58. The summed E-state index contributed by atoms with van der Waals surface area (Å²) in [7, 11) is 0. The molecule has 0 saturated carbocycles. The third-order valence-corrected chi connectivity index (χ3v) is 3.74. The zero-order valence-electron chi connectivity index (χ0n) is 15.7. The van der Waals surface area contributed by atoms with Crippen LogP contribution in [0, 0.1) is 0 Å². The van der Waals surface area contributed by atoms with Crippen LogP contribution in [0.3, 0.4) is 0 Å². The summed E-state index contributed by atoms with van der Waals surface area (Å²) >= 11 is 0. The topological polar surface area (TPSA) is 52.6 Å². The minimum atomic E-state index is -0.545. The maximum absolute atomic E-state index is 11.7. The second-order valence-corrected chi connectivity index (χ2v) is 6.30. The Balaban J connectivity index is 3.56. The maximum atomic E-state index is 11.7. The maximum Gasteiger partial charge on any atom is 0.337 e. The van der Waals surface area contributed by atoms with Gasteiger partial charge in [0.05, 0.1) is 12.2 Å². The number of carbonyl (C=O) groups is 2. The van der Waals surface area contributed by atoms with Crippen LogP contribution in [0.15, 0.2) is 24.0 Å². The Morgan fingerprint density at radius 1 is 0.833 bits per heavy atom. The van der Waals surface area contributed by atoms with Gasteiger partial charge in [-0.25, -0.2) is 9.59 Å². The van der Waals surface area contributed by atoms with Gasteiger partial charge in [-0.2, -0.15) is 0 Å². The Morgan fingerprint density at radius 2 is 1.33 bits per heavy atom. The van der Waals surface area contributed by atoms with Crippen molar-refractivity contribution in [3.05, 3.63) is 24.0 Å². The monoisotopic (exact) mass is 338 g/mol. The molecule has 4 nitrogen and oxygen atoms in total. The molecule has 0 rings (SSSR count). The molecule has 0 atom stereocenters. The third-order valence-electron chi connectivity index (χ3n) is 3.74. The van der Waals surface area contributed by atoms with Gasteiger partial charge in [0, 0.05) is 5.57 Å². The summed E-state index contributed by atoms with van der Waals surface area (Å²) in [4.78, 5) is 22.9. The molecular weight excluding hydrogens is 304 g/mol. The lowest BCUT2D eigenvalue weighted by Gasteiger charge is -2.05. The molecule has 0 aromatic heterocycles. The molecule has 138 valence electrons. The van der Waals surface area contributed by atoms with E-state index in [1.165, 1.54) is 51.4 Å². The van der Waals surface area contributed by atoms with Crippen molar-refractivity contribution in [1.29, 1.82) is 0 Å². The molecule has 0 radical (unpaired) electrons. The van der Waals surface area contributed by atoms with Gasteiger partial charge < -0.3 is 9.47 Å². The number of esters is 2. The average molecular weight is 338 g/mol. The van der Waals surface area contributed by atoms with Crippen LogP contribution >= 0.6 is 0 Å². The molecule has 0 fully saturated rings. The summed E-state index contributed by atoms with van der Waals surface area (Å²) < 4.78 is 9.94. The van der Waals surface area contributed by atoms with Gasteiger partial charge in [-0.15, -0.1) is 0 Å². The fourth-order valence-electron chi connectivity index (χ4n) is 2.16. The second kappa shape index (κ2) is 15.0. The van der Waals surface area contributed by atoms with Crippen molar-refractivity contribution in [3.63, 3.8) is 0 Å². The van der Waals surface area contributed by atoms with Crippen molar-refractivity contribution in [2.24, 2.45) is 0 Å². The Morgan fingerprint density at radius 3 is 1.83 bits per heavy atom. The van der Waals surface area contributed by atoms with Gasteiger partial charge in [-0.05, 0) is 20.3 Å². The lowest BCUT2D eigenvalue weighted by Crippen LogP contribution is -2.09. The summed E-state index contributed by atoms with van der Waals surface area (Å²) in [5.41, 5.74) is 0.564. The Labute approximate surface area is 147 Å². The van der Waals surface area contributed by atoms with Crippen LogP contribution in [0.4, 0.5) is 0 Å². The van der Waals surface area contributed by atoms with Crippen LogP contribution in [0.2, 0.25) is 0 Å². The molecule has 24 heavy (non-hydrogen) atoms. The van der Waals surface area contributed by atoms with Gasteiger partial charge in [-0.1, -0.05) is 71.3 Å². The third kappa shape index (κ3) is 12.9. The van der Waals surface area contributed by atoms with Crippen molar-refractivity contribution >= 4 is 11.9 Å². The lowest BCUT2D eigenvalue weighted by molar-refractivity contribution is -0.139. The van der Waals surface area contributed by atoms with E-state index >= 15 is 0 Å². The summed E-state index contributed by atoms with van der Waals surface area (Å²) in [6.45, 7) is 9.23. The van der Waals surface area contributed by atoms with Gasteiger partial charge >= 0.3 is 11.9 Å². The van der Waals surface area contributed by atoms with Crippen molar-refractivity contribution in [2.75, 3.05) is 6.61 Å². The van der Waals surface area contributed by atoms with E-state index in [9.17, 15) is 9.59 Å². The van der Waals surface area contributed by atoms with E-state index in [0.29, 0.717) is 6.61 Å². The van der Waals surface area contributed by atoms with Crippen LogP contribution < -0.4 is 0 Å². The fraction of sp³-hybridized carbons (Fsp3) is 0.700. The van der Waals surface area contributed by atoms with E-state index in [1.807, 2.05) is 0 Å². The zero-order chi connectivity index (χ0) is 18.2. The fourth-order valence-corrected chi connectivity index (χ4v) is 2.16. The summed E-state index contributed by atoms with van der Waals surface area (Å²) in [6, 6.07) is 0. The van der Waals surface area contributed by atoms with Crippen LogP contribution in [-0.2, 0) is 19.1 Å². The summed E-state index contributed by atoms with van der Waals surface area (Å²) in [5, 5.41) is 0. The summed E-state index contributed by atoms with van der Waals surface area (Å²) in [6.07, 6.45) is 13.5. The largest absolute Gasteiger partial charge is 0.462 e. The Kier molecular flexibility index (Phi) is 14.0. The highest BCUT2D eigenvalue weighted by atomic mass is 16.5. The minimum Gasteiger partial charge on any atom is -0.462 e. The molecule has 0 amide bonds. The van der Waals surface area contributed by atoms with E-state index in [-0.39, 0.29) is 11.1 Å². The molecule has 4 heteroatoms. The van der Waals surface area contributed by atoms with Gasteiger partial charge in [0.1, 0.15) is 6.26 Å². The highest BCUT2D eigenvalue weighted by Gasteiger charge is 2.08. The molecular formula is C20H34O4. The molecule has 0 aromatic carbocycles. The molecule has 0 saturated heterocycles. The number of hydrogen-bond acceptors (Lipinski definition) is 4. The van der Waals surface area contributed by atoms with Gasteiger partial charge in [0.25, 0.3) is 0 Å². The van der Waals surface area contributed by atoms with E-state index in [2.05, 4.69) is 13.5 Å². The normalized spacial score (nSPS) is 11.2. The van der Waals surface area contributed by atoms with Crippen molar-refractivity contribution in [3.8, 4) is 0 Å². The van der Waals surface area contributed by atoms with Crippen LogP contribution in [0.1, 0.15) is 85.0 Å². The molecule has 0 aliphatic rings. The first kappa shape index (κ1) is 22.4. The second-order valence-electron chi connectivity index (χ2n) is 6.30. The molecule has 0 unspecified atom stereocenters. The predicted molar refractivity (Wildman–Crippen MR) is 97.5 cm³/mol. The van der Waals surface area contributed by atoms with Crippen molar-refractivity contribution in [1.82, 2.24) is 0 Å². The molecule has 0 spiro atoms. The molecule has 0 aliphatic heterocycles. The number of unbranched alkanes of at least 4 members (excludes halogenated alkanes) is 9. The first-order valence-electron chi connectivity index (χ1n) is 9.19. The molecule has 0 bridgehead atoms.